The molecular formula is C16H15N3OS. The highest BCUT2D eigenvalue weighted by atomic mass is 32.1. The van der Waals surface area contributed by atoms with Crippen molar-refractivity contribution in [2.24, 2.45) is 0 Å². The van der Waals surface area contributed by atoms with Crippen LogP contribution in [0.5, 0.6) is 0 Å². The smallest absolute Gasteiger partial charge is 0.254 e. The molecule has 3 heterocycles. The summed E-state index contributed by atoms with van der Waals surface area (Å²) in [6.45, 7) is 3.71. The molecule has 1 atom stereocenters. The van der Waals surface area contributed by atoms with Gasteiger partial charge in [-0.2, -0.15) is 0 Å². The topological polar surface area (TPSA) is 38.1 Å². The van der Waals surface area contributed by atoms with Crippen molar-refractivity contribution in [1.82, 2.24) is 14.5 Å². The van der Waals surface area contributed by atoms with E-state index in [2.05, 4.69) is 28.7 Å². The lowest BCUT2D eigenvalue weighted by Crippen LogP contribution is -2.40. The summed E-state index contributed by atoms with van der Waals surface area (Å²) >= 11 is 1.57. The van der Waals surface area contributed by atoms with Crippen LogP contribution in [0.4, 0.5) is 0 Å². The lowest BCUT2D eigenvalue weighted by molar-refractivity contribution is 0.0644. The fourth-order valence-electron chi connectivity index (χ4n) is 3.01. The molecule has 1 aliphatic rings. The molecule has 4 nitrogen and oxygen atoms in total. The molecule has 1 amide bonds. The van der Waals surface area contributed by atoms with Gasteiger partial charge in [0.05, 0.1) is 21.8 Å². The van der Waals surface area contributed by atoms with Gasteiger partial charge in [-0.25, -0.2) is 4.98 Å². The monoisotopic (exact) mass is 297 g/mol. The van der Waals surface area contributed by atoms with E-state index in [4.69, 9.17) is 0 Å². The number of hydrogen-bond donors (Lipinski definition) is 0. The largest absolute Gasteiger partial charge is 0.348 e. The summed E-state index contributed by atoms with van der Waals surface area (Å²) < 4.78 is 3.29. The zero-order chi connectivity index (χ0) is 14.4. The Hall–Kier alpha value is -2.14. The summed E-state index contributed by atoms with van der Waals surface area (Å²) in [6, 6.07) is 10.0. The molecule has 0 N–H and O–H groups in total. The normalized spacial score (nSPS) is 18.0. The second-order valence-corrected chi connectivity index (χ2v) is 6.22. The van der Waals surface area contributed by atoms with Crippen molar-refractivity contribution >= 4 is 27.5 Å². The Bertz CT molecular complexity index is 820. The SMILES string of the molecule is CC1c2cccn2CCN1C(=O)c1ccc2ncsc2c1. The second-order valence-electron chi connectivity index (χ2n) is 5.34. The van der Waals surface area contributed by atoms with Crippen LogP contribution in [0.25, 0.3) is 10.2 Å². The number of benzene rings is 1. The number of carbonyl (C=O) groups excluding carboxylic acids is 1. The van der Waals surface area contributed by atoms with Gasteiger partial charge in [0.25, 0.3) is 5.91 Å². The number of fused-ring (bicyclic) bond motifs is 2. The molecule has 106 valence electrons. The first-order valence-corrected chi connectivity index (χ1v) is 7.91. The molecule has 0 spiro atoms. The highest BCUT2D eigenvalue weighted by Gasteiger charge is 2.28. The van der Waals surface area contributed by atoms with Gasteiger partial charge in [-0.1, -0.05) is 0 Å². The number of thiazole rings is 1. The predicted octanol–water partition coefficient (Wildman–Crippen LogP) is 3.31. The highest BCUT2D eigenvalue weighted by Crippen LogP contribution is 2.28. The van der Waals surface area contributed by atoms with E-state index in [1.54, 1.807) is 11.3 Å². The maximum Gasteiger partial charge on any atom is 0.254 e. The van der Waals surface area contributed by atoms with Gasteiger partial charge < -0.3 is 9.47 Å². The predicted molar refractivity (Wildman–Crippen MR) is 83.5 cm³/mol. The Labute approximate surface area is 126 Å². The molecule has 0 fully saturated rings. The molecular weight excluding hydrogens is 282 g/mol. The standard InChI is InChI=1S/C16H15N3OS/c1-11-14-3-2-6-18(14)7-8-19(11)16(20)12-4-5-13-15(9-12)21-10-17-13/h2-6,9-11H,7-8H2,1H3. The third-order valence-electron chi connectivity index (χ3n) is 4.18. The number of nitrogens with zero attached hydrogens (tertiary/aromatic N) is 3. The number of amides is 1. The minimum Gasteiger partial charge on any atom is -0.348 e. The summed E-state index contributed by atoms with van der Waals surface area (Å²) in [5.41, 5.74) is 4.72. The lowest BCUT2D eigenvalue weighted by atomic mass is 10.1. The first-order valence-electron chi connectivity index (χ1n) is 7.03. The van der Waals surface area contributed by atoms with Crippen molar-refractivity contribution in [2.45, 2.75) is 19.5 Å². The van der Waals surface area contributed by atoms with Gasteiger partial charge in [0.15, 0.2) is 0 Å². The third-order valence-corrected chi connectivity index (χ3v) is 4.97. The Morgan fingerprint density at radius 2 is 2.24 bits per heavy atom. The van der Waals surface area contributed by atoms with Crippen LogP contribution in [-0.4, -0.2) is 26.9 Å². The molecule has 2 aromatic heterocycles. The van der Waals surface area contributed by atoms with Crippen molar-refractivity contribution in [3.8, 4) is 0 Å². The molecule has 3 aromatic rings. The van der Waals surface area contributed by atoms with Crippen molar-refractivity contribution in [1.29, 1.82) is 0 Å². The maximum absolute atomic E-state index is 12.8. The van der Waals surface area contributed by atoms with E-state index in [0.29, 0.717) is 0 Å². The zero-order valence-electron chi connectivity index (χ0n) is 11.7. The number of carbonyl (C=O) groups is 1. The fourth-order valence-corrected chi connectivity index (χ4v) is 3.73. The molecule has 1 aliphatic heterocycles. The summed E-state index contributed by atoms with van der Waals surface area (Å²) in [4.78, 5) is 19.0. The first-order chi connectivity index (χ1) is 10.2. The highest BCUT2D eigenvalue weighted by molar-refractivity contribution is 7.16. The van der Waals surface area contributed by atoms with Crippen LogP contribution in [0, 0.1) is 0 Å². The average Bonchev–Trinajstić information content (AvgIpc) is 3.15. The Morgan fingerprint density at radius 1 is 1.33 bits per heavy atom. The first kappa shape index (κ1) is 12.6. The van der Waals surface area contributed by atoms with Crippen LogP contribution in [0.1, 0.15) is 29.0 Å². The molecule has 0 bridgehead atoms. The second kappa shape index (κ2) is 4.70. The van der Waals surface area contributed by atoms with Crippen LogP contribution in [-0.2, 0) is 6.54 Å². The van der Waals surface area contributed by atoms with E-state index in [1.165, 1.54) is 5.69 Å². The third kappa shape index (κ3) is 1.96. The van der Waals surface area contributed by atoms with Crippen LogP contribution in [0.3, 0.4) is 0 Å². The lowest BCUT2D eigenvalue weighted by Gasteiger charge is -2.35. The Balaban J connectivity index is 1.68. The molecule has 4 rings (SSSR count). The van der Waals surface area contributed by atoms with Gasteiger partial charge in [0.1, 0.15) is 0 Å². The number of aromatic nitrogens is 2. The van der Waals surface area contributed by atoms with Gasteiger partial charge in [-0.3, -0.25) is 4.79 Å². The minimum atomic E-state index is 0.102. The molecule has 5 heteroatoms. The van der Waals surface area contributed by atoms with Crippen LogP contribution >= 0.6 is 11.3 Å². The van der Waals surface area contributed by atoms with Crippen molar-refractivity contribution in [3.05, 3.63) is 53.3 Å². The van der Waals surface area contributed by atoms with Crippen LogP contribution in [0.15, 0.2) is 42.0 Å². The average molecular weight is 297 g/mol. The van der Waals surface area contributed by atoms with Gasteiger partial charge in [-0.05, 0) is 37.3 Å². The maximum atomic E-state index is 12.8. The van der Waals surface area contributed by atoms with Gasteiger partial charge in [0.2, 0.25) is 0 Å². The summed E-state index contributed by atoms with van der Waals surface area (Å²) in [5.74, 6) is 0.102. The molecule has 0 saturated heterocycles. The van der Waals surface area contributed by atoms with Crippen molar-refractivity contribution < 1.29 is 4.79 Å². The molecule has 0 aliphatic carbocycles. The van der Waals surface area contributed by atoms with E-state index in [1.807, 2.05) is 34.7 Å². The van der Waals surface area contributed by atoms with Gasteiger partial charge >= 0.3 is 0 Å². The van der Waals surface area contributed by atoms with E-state index >= 15 is 0 Å². The van der Waals surface area contributed by atoms with Crippen molar-refractivity contribution in [2.75, 3.05) is 6.54 Å². The van der Waals surface area contributed by atoms with Crippen LogP contribution < -0.4 is 0 Å². The van der Waals surface area contributed by atoms with Crippen LogP contribution in [0.2, 0.25) is 0 Å². The van der Waals surface area contributed by atoms with Crippen molar-refractivity contribution in [3.63, 3.8) is 0 Å². The molecule has 0 radical (unpaired) electrons. The minimum absolute atomic E-state index is 0.102. The van der Waals surface area contributed by atoms with E-state index < -0.39 is 0 Å². The molecule has 1 aromatic carbocycles. The zero-order valence-corrected chi connectivity index (χ0v) is 12.5. The molecule has 1 unspecified atom stereocenters. The summed E-state index contributed by atoms with van der Waals surface area (Å²) in [5, 5.41) is 0. The van der Waals surface area contributed by atoms with Gasteiger partial charge in [0, 0.05) is 30.5 Å². The Kier molecular flexibility index (Phi) is 2.82. The molecule has 21 heavy (non-hydrogen) atoms. The number of hydrogen-bond acceptors (Lipinski definition) is 3. The van der Waals surface area contributed by atoms with E-state index in [9.17, 15) is 4.79 Å². The molecule has 0 saturated carbocycles. The van der Waals surface area contributed by atoms with Gasteiger partial charge in [-0.15, -0.1) is 11.3 Å². The quantitative estimate of drug-likeness (QED) is 0.691. The Morgan fingerprint density at radius 3 is 3.14 bits per heavy atom. The van der Waals surface area contributed by atoms with E-state index in [0.717, 1.165) is 28.9 Å². The summed E-state index contributed by atoms with van der Waals surface area (Å²) in [6.07, 6.45) is 2.08. The number of rotatable bonds is 1. The fraction of sp³-hybridized carbons (Fsp3) is 0.250. The summed E-state index contributed by atoms with van der Waals surface area (Å²) in [7, 11) is 0. The van der Waals surface area contributed by atoms with E-state index in [-0.39, 0.29) is 11.9 Å².